The molecule has 3 rings (SSSR count). The molecule has 0 spiro atoms. The molecule has 2 N–H and O–H groups in total. The highest BCUT2D eigenvalue weighted by Crippen LogP contribution is 2.31. The third-order valence-corrected chi connectivity index (χ3v) is 6.07. The lowest BCUT2D eigenvalue weighted by Gasteiger charge is -2.35. The van der Waals surface area contributed by atoms with E-state index in [2.05, 4.69) is 5.32 Å². The molecule has 6 heteroatoms. The smallest absolute Gasteiger partial charge is 0.225 e. The quantitative estimate of drug-likeness (QED) is 0.786. The van der Waals surface area contributed by atoms with Crippen molar-refractivity contribution in [3.8, 4) is 0 Å². The first kappa shape index (κ1) is 17.7. The molecule has 1 atom stereocenters. The Morgan fingerprint density at radius 3 is 2.62 bits per heavy atom. The first-order valence-electron chi connectivity index (χ1n) is 9.39. The lowest BCUT2D eigenvalue weighted by atomic mass is 9.81. The van der Waals surface area contributed by atoms with Crippen molar-refractivity contribution in [1.82, 2.24) is 10.2 Å². The van der Waals surface area contributed by atoms with Crippen LogP contribution in [-0.4, -0.2) is 60.8 Å². The van der Waals surface area contributed by atoms with Crippen LogP contribution in [0.25, 0.3) is 0 Å². The van der Waals surface area contributed by atoms with Crippen LogP contribution in [0.3, 0.4) is 0 Å². The van der Waals surface area contributed by atoms with Gasteiger partial charge in [-0.25, -0.2) is 0 Å². The van der Waals surface area contributed by atoms with Gasteiger partial charge in [0.15, 0.2) is 0 Å². The summed E-state index contributed by atoms with van der Waals surface area (Å²) < 4.78 is 5.35. The van der Waals surface area contributed by atoms with Gasteiger partial charge in [0.05, 0.1) is 12.5 Å². The Balaban J connectivity index is 1.51. The minimum Gasteiger partial charge on any atom is -0.396 e. The molecular formula is C18H30N2O4. The van der Waals surface area contributed by atoms with Crippen LogP contribution in [0, 0.1) is 11.3 Å². The average Bonchev–Trinajstić information content (AvgIpc) is 3.03. The fourth-order valence-electron chi connectivity index (χ4n) is 4.27. The molecule has 2 amide bonds. The van der Waals surface area contributed by atoms with E-state index in [-0.39, 0.29) is 29.8 Å². The number of hydrogen-bond donors (Lipinski definition) is 2. The van der Waals surface area contributed by atoms with E-state index in [4.69, 9.17) is 4.74 Å². The maximum Gasteiger partial charge on any atom is 0.225 e. The fourth-order valence-corrected chi connectivity index (χ4v) is 4.27. The minimum atomic E-state index is -0.264. The van der Waals surface area contributed by atoms with Crippen molar-refractivity contribution in [3.05, 3.63) is 0 Å². The molecule has 2 aliphatic heterocycles. The van der Waals surface area contributed by atoms with Crippen LogP contribution in [0.5, 0.6) is 0 Å². The van der Waals surface area contributed by atoms with Crippen LogP contribution in [0.4, 0.5) is 0 Å². The van der Waals surface area contributed by atoms with Crippen molar-refractivity contribution in [2.24, 2.45) is 11.3 Å². The van der Waals surface area contributed by atoms with E-state index in [1.807, 2.05) is 4.90 Å². The van der Waals surface area contributed by atoms with Gasteiger partial charge in [-0.05, 0) is 25.7 Å². The highest BCUT2D eigenvalue weighted by atomic mass is 16.5. The Kier molecular flexibility index (Phi) is 5.76. The van der Waals surface area contributed by atoms with Crippen LogP contribution < -0.4 is 5.32 Å². The molecule has 3 fully saturated rings. The molecule has 0 aromatic heterocycles. The molecular weight excluding hydrogens is 308 g/mol. The topological polar surface area (TPSA) is 78.9 Å². The number of likely N-dealkylation sites (tertiary alicyclic amines) is 1. The van der Waals surface area contributed by atoms with Crippen molar-refractivity contribution in [3.63, 3.8) is 0 Å². The standard InChI is InChI=1S/C18H30N2O4/c21-13-18(6-8-24-9-7-18)12-19-17(23)14-10-16(22)20(11-14)15-4-2-1-3-5-15/h14-15,21H,1-13H2,(H,19,23). The van der Waals surface area contributed by atoms with E-state index in [1.54, 1.807) is 0 Å². The summed E-state index contributed by atoms with van der Waals surface area (Å²) in [4.78, 5) is 26.8. The predicted molar refractivity (Wildman–Crippen MR) is 89.3 cm³/mol. The molecule has 2 heterocycles. The van der Waals surface area contributed by atoms with Gasteiger partial charge in [0.25, 0.3) is 0 Å². The van der Waals surface area contributed by atoms with Gasteiger partial charge in [-0.2, -0.15) is 0 Å². The van der Waals surface area contributed by atoms with Crippen LogP contribution in [-0.2, 0) is 14.3 Å². The highest BCUT2D eigenvalue weighted by molar-refractivity contribution is 5.89. The molecule has 1 saturated carbocycles. The molecule has 0 aromatic rings. The molecule has 1 aliphatic carbocycles. The Hall–Kier alpha value is -1.14. The molecule has 3 aliphatic rings. The lowest BCUT2D eigenvalue weighted by molar-refractivity contribution is -0.131. The number of carbonyl (C=O) groups excluding carboxylic acids is 2. The predicted octanol–water partition coefficient (Wildman–Crippen LogP) is 1.07. The summed E-state index contributed by atoms with van der Waals surface area (Å²) in [7, 11) is 0. The van der Waals surface area contributed by atoms with Crippen molar-refractivity contribution >= 4 is 11.8 Å². The second kappa shape index (κ2) is 7.83. The number of nitrogens with one attached hydrogen (secondary N) is 1. The van der Waals surface area contributed by atoms with E-state index >= 15 is 0 Å². The number of amides is 2. The van der Waals surface area contributed by atoms with Gasteiger partial charge in [-0.3, -0.25) is 9.59 Å². The SMILES string of the molecule is O=C(NCC1(CO)CCOCC1)C1CC(=O)N(C2CCCCC2)C1. The highest BCUT2D eigenvalue weighted by Gasteiger charge is 2.39. The Morgan fingerprint density at radius 1 is 1.25 bits per heavy atom. The third-order valence-electron chi connectivity index (χ3n) is 6.07. The van der Waals surface area contributed by atoms with Crippen molar-refractivity contribution < 1.29 is 19.4 Å². The normalized spacial score (nSPS) is 28.1. The van der Waals surface area contributed by atoms with Gasteiger partial charge in [0.2, 0.25) is 11.8 Å². The Bertz CT molecular complexity index is 456. The maximum atomic E-state index is 12.5. The number of aliphatic hydroxyl groups is 1. The minimum absolute atomic E-state index is 0.0408. The van der Waals surface area contributed by atoms with Crippen LogP contribution in [0.1, 0.15) is 51.4 Å². The van der Waals surface area contributed by atoms with Crippen molar-refractivity contribution in [1.29, 1.82) is 0 Å². The van der Waals surface area contributed by atoms with Gasteiger partial charge < -0.3 is 20.1 Å². The van der Waals surface area contributed by atoms with E-state index in [1.165, 1.54) is 19.3 Å². The van der Waals surface area contributed by atoms with Crippen molar-refractivity contribution in [2.45, 2.75) is 57.4 Å². The zero-order valence-corrected chi connectivity index (χ0v) is 14.5. The Morgan fingerprint density at radius 2 is 1.96 bits per heavy atom. The summed E-state index contributed by atoms with van der Waals surface area (Å²) in [5, 5.41) is 12.7. The van der Waals surface area contributed by atoms with Gasteiger partial charge in [-0.15, -0.1) is 0 Å². The zero-order chi connectivity index (χ0) is 17.0. The second-order valence-corrected chi connectivity index (χ2v) is 7.73. The summed E-state index contributed by atoms with van der Waals surface area (Å²) in [5.41, 5.74) is -0.264. The van der Waals surface area contributed by atoms with Crippen LogP contribution in [0.2, 0.25) is 0 Å². The van der Waals surface area contributed by atoms with E-state index in [9.17, 15) is 14.7 Å². The third kappa shape index (κ3) is 3.91. The second-order valence-electron chi connectivity index (χ2n) is 7.73. The van der Waals surface area contributed by atoms with Crippen molar-refractivity contribution in [2.75, 3.05) is 32.9 Å². The van der Waals surface area contributed by atoms with Crippen LogP contribution >= 0.6 is 0 Å². The zero-order valence-electron chi connectivity index (χ0n) is 14.5. The lowest BCUT2D eigenvalue weighted by Crippen LogP contribution is -2.45. The maximum absolute atomic E-state index is 12.5. The summed E-state index contributed by atoms with van der Waals surface area (Å²) in [6.45, 7) is 2.36. The van der Waals surface area contributed by atoms with E-state index in [0.29, 0.717) is 38.8 Å². The molecule has 0 radical (unpaired) electrons. The average molecular weight is 338 g/mol. The number of carbonyl (C=O) groups is 2. The molecule has 136 valence electrons. The molecule has 1 unspecified atom stereocenters. The number of hydrogen-bond acceptors (Lipinski definition) is 4. The number of aliphatic hydroxyl groups excluding tert-OH is 1. The van der Waals surface area contributed by atoms with Crippen LogP contribution in [0.15, 0.2) is 0 Å². The van der Waals surface area contributed by atoms with Gasteiger partial charge in [0.1, 0.15) is 0 Å². The summed E-state index contributed by atoms with van der Waals surface area (Å²) in [5.74, 6) is -0.152. The number of ether oxygens (including phenoxy) is 1. The molecule has 24 heavy (non-hydrogen) atoms. The number of nitrogens with zero attached hydrogens (tertiary/aromatic N) is 1. The molecule has 2 saturated heterocycles. The molecule has 0 bridgehead atoms. The van der Waals surface area contributed by atoms with Gasteiger partial charge in [-0.1, -0.05) is 19.3 Å². The van der Waals surface area contributed by atoms with E-state index < -0.39 is 0 Å². The number of rotatable bonds is 5. The summed E-state index contributed by atoms with van der Waals surface area (Å²) >= 11 is 0. The molecule has 6 nitrogen and oxygen atoms in total. The fraction of sp³-hybridized carbons (Fsp3) is 0.889. The van der Waals surface area contributed by atoms with E-state index in [0.717, 1.165) is 25.7 Å². The summed E-state index contributed by atoms with van der Waals surface area (Å²) in [6.07, 6.45) is 7.65. The Labute approximate surface area is 143 Å². The largest absolute Gasteiger partial charge is 0.396 e. The summed E-state index contributed by atoms with van der Waals surface area (Å²) in [6, 6.07) is 0.336. The van der Waals surface area contributed by atoms with Gasteiger partial charge >= 0.3 is 0 Å². The monoisotopic (exact) mass is 338 g/mol. The van der Waals surface area contributed by atoms with Gasteiger partial charge in [0, 0.05) is 44.2 Å². The first-order chi connectivity index (χ1) is 11.6. The molecule has 0 aromatic carbocycles. The first-order valence-corrected chi connectivity index (χ1v) is 9.39.